The van der Waals surface area contributed by atoms with Gasteiger partial charge >= 0.3 is 0 Å². The molecule has 16 heavy (non-hydrogen) atoms. The van der Waals surface area contributed by atoms with Crippen LogP contribution in [0.25, 0.3) is 0 Å². The van der Waals surface area contributed by atoms with Crippen molar-refractivity contribution in [1.29, 1.82) is 0 Å². The molecule has 0 aliphatic rings. The first kappa shape index (κ1) is 12.9. The van der Waals surface area contributed by atoms with Gasteiger partial charge in [-0.2, -0.15) is 0 Å². The van der Waals surface area contributed by atoms with E-state index in [1.165, 1.54) is 0 Å². The standard InChI is InChI=1S/C12H22N4/c1-4-12(5-2,8-13)9-16-11-10(3)14-6-7-15-11/h6-7H,4-5,8-9,13H2,1-3H3,(H,15,16). The summed E-state index contributed by atoms with van der Waals surface area (Å²) in [5, 5.41) is 3.35. The Morgan fingerprint density at radius 2 is 1.88 bits per heavy atom. The number of nitrogens with two attached hydrogens (primary N) is 1. The maximum Gasteiger partial charge on any atom is 0.147 e. The molecular weight excluding hydrogens is 200 g/mol. The molecule has 0 spiro atoms. The summed E-state index contributed by atoms with van der Waals surface area (Å²) < 4.78 is 0. The van der Waals surface area contributed by atoms with Crippen LogP contribution in [0.2, 0.25) is 0 Å². The minimum absolute atomic E-state index is 0.171. The Morgan fingerprint density at radius 3 is 2.38 bits per heavy atom. The van der Waals surface area contributed by atoms with E-state index in [0.29, 0.717) is 6.54 Å². The second-order valence-corrected chi connectivity index (χ2v) is 4.26. The molecule has 1 heterocycles. The van der Waals surface area contributed by atoms with Crippen molar-refractivity contribution in [3.8, 4) is 0 Å². The lowest BCUT2D eigenvalue weighted by molar-refractivity contribution is 0.294. The fraction of sp³-hybridized carbons (Fsp3) is 0.667. The predicted molar refractivity (Wildman–Crippen MR) is 67.3 cm³/mol. The molecule has 0 atom stereocenters. The zero-order valence-electron chi connectivity index (χ0n) is 10.5. The van der Waals surface area contributed by atoms with Gasteiger partial charge in [-0.3, -0.25) is 4.98 Å². The highest BCUT2D eigenvalue weighted by Gasteiger charge is 2.24. The molecule has 4 heteroatoms. The lowest BCUT2D eigenvalue weighted by atomic mass is 9.82. The third-order valence-electron chi connectivity index (χ3n) is 3.45. The first-order chi connectivity index (χ1) is 7.67. The average molecular weight is 222 g/mol. The average Bonchev–Trinajstić information content (AvgIpc) is 2.34. The van der Waals surface area contributed by atoms with Crippen LogP contribution in [0.15, 0.2) is 12.4 Å². The zero-order chi connectivity index (χ0) is 12.0. The normalized spacial score (nSPS) is 11.5. The van der Waals surface area contributed by atoms with Crippen LogP contribution in [-0.4, -0.2) is 23.1 Å². The van der Waals surface area contributed by atoms with Crippen LogP contribution in [0.4, 0.5) is 5.82 Å². The Kier molecular flexibility index (Phi) is 4.68. The van der Waals surface area contributed by atoms with Gasteiger partial charge in [0.05, 0.1) is 5.69 Å². The molecule has 1 aromatic heterocycles. The Labute approximate surface area is 97.7 Å². The van der Waals surface area contributed by atoms with Gasteiger partial charge in [0.1, 0.15) is 5.82 Å². The van der Waals surface area contributed by atoms with Crippen molar-refractivity contribution in [2.24, 2.45) is 11.1 Å². The quantitative estimate of drug-likeness (QED) is 0.772. The molecule has 1 aromatic rings. The zero-order valence-corrected chi connectivity index (χ0v) is 10.5. The van der Waals surface area contributed by atoms with E-state index in [1.54, 1.807) is 12.4 Å². The number of nitrogens with zero attached hydrogens (tertiary/aromatic N) is 2. The van der Waals surface area contributed by atoms with E-state index in [1.807, 2.05) is 6.92 Å². The topological polar surface area (TPSA) is 63.8 Å². The monoisotopic (exact) mass is 222 g/mol. The Balaban J connectivity index is 2.66. The van der Waals surface area contributed by atoms with Gasteiger partial charge in [-0.05, 0) is 31.7 Å². The van der Waals surface area contributed by atoms with Gasteiger partial charge in [0.15, 0.2) is 0 Å². The van der Waals surface area contributed by atoms with Gasteiger partial charge in [-0.25, -0.2) is 4.98 Å². The van der Waals surface area contributed by atoms with Gasteiger partial charge in [0.2, 0.25) is 0 Å². The second-order valence-electron chi connectivity index (χ2n) is 4.26. The highest BCUT2D eigenvalue weighted by Crippen LogP contribution is 2.25. The van der Waals surface area contributed by atoms with Gasteiger partial charge in [0.25, 0.3) is 0 Å². The lowest BCUT2D eigenvalue weighted by Crippen LogP contribution is -2.36. The first-order valence-corrected chi connectivity index (χ1v) is 5.89. The van der Waals surface area contributed by atoms with Crippen molar-refractivity contribution in [2.45, 2.75) is 33.6 Å². The van der Waals surface area contributed by atoms with E-state index < -0.39 is 0 Å². The van der Waals surface area contributed by atoms with Crippen LogP contribution < -0.4 is 11.1 Å². The summed E-state index contributed by atoms with van der Waals surface area (Å²) in [6.07, 6.45) is 5.56. The molecular formula is C12H22N4. The summed E-state index contributed by atoms with van der Waals surface area (Å²) in [6, 6.07) is 0. The molecule has 0 saturated heterocycles. The molecule has 90 valence electrons. The molecule has 0 fully saturated rings. The Bertz CT molecular complexity index is 312. The Hall–Kier alpha value is -1.16. The number of hydrogen-bond acceptors (Lipinski definition) is 4. The molecule has 0 unspecified atom stereocenters. The third-order valence-corrected chi connectivity index (χ3v) is 3.45. The smallest absolute Gasteiger partial charge is 0.147 e. The molecule has 0 aliphatic carbocycles. The maximum absolute atomic E-state index is 5.85. The summed E-state index contributed by atoms with van der Waals surface area (Å²) in [4.78, 5) is 8.47. The van der Waals surface area contributed by atoms with Gasteiger partial charge in [-0.1, -0.05) is 13.8 Å². The van der Waals surface area contributed by atoms with E-state index in [0.717, 1.165) is 30.9 Å². The Morgan fingerprint density at radius 1 is 1.25 bits per heavy atom. The van der Waals surface area contributed by atoms with Crippen molar-refractivity contribution in [3.05, 3.63) is 18.1 Å². The summed E-state index contributed by atoms with van der Waals surface area (Å²) in [5.74, 6) is 0.863. The summed E-state index contributed by atoms with van der Waals surface area (Å²) >= 11 is 0. The van der Waals surface area contributed by atoms with Gasteiger partial charge in [0, 0.05) is 18.9 Å². The number of nitrogens with one attached hydrogen (secondary N) is 1. The maximum atomic E-state index is 5.85. The lowest BCUT2D eigenvalue weighted by Gasteiger charge is -2.30. The van der Waals surface area contributed by atoms with E-state index in [4.69, 9.17) is 5.73 Å². The molecule has 0 bridgehead atoms. The van der Waals surface area contributed by atoms with Crippen molar-refractivity contribution < 1.29 is 0 Å². The molecule has 0 aliphatic heterocycles. The molecule has 3 N–H and O–H groups in total. The number of aryl methyl sites for hydroxylation is 1. The minimum Gasteiger partial charge on any atom is -0.368 e. The van der Waals surface area contributed by atoms with Crippen molar-refractivity contribution in [2.75, 3.05) is 18.4 Å². The minimum atomic E-state index is 0.171. The van der Waals surface area contributed by atoms with Crippen LogP contribution in [0.1, 0.15) is 32.4 Å². The van der Waals surface area contributed by atoms with Crippen LogP contribution >= 0.6 is 0 Å². The predicted octanol–water partition coefficient (Wildman–Crippen LogP) is 1.96. The van der Waals surface area contributed by atoms with Crippen LogP contribution in [0, 0.1) is 12.3 Å². The molecule has 0 saturated carbocycles. The van der Waals surface area contributed by atoms with E-state index in [9.17, 15) is 0 Å². The van der Waals surface area contributed by atoms with Gasteiger partial charge in [-0.15, -0.1) is 0 Å². The van der Waals surface area contributed by atoms with Crippen molar-refractivity contribution >= 4 is 5.82 Å². The van der Waals surface area contributed by atoms with Crippen LogP contribution in [0.3, 0.4) is 0 Å². The molecule has 4 nitrogen and oxygen atoms in total. The SMILES string of the molecule is CCC(CC)(CN)CNc1nccnc1C. The van der Waals surface area contributed by atoms with Crippen molar-refractivity contribution in [3.63, 3.8) is 0 Å². The summed E-state index contributed by atoms with van der Waals surface area (Å²) in [7, 11) is 0. The fourth-order valence-electron chi connectivity index (χ4n) is 1.71. The fourth-order valence-corrected chi connectivity index (χ4v) is 1.71. The highest BCUT2D eigenvalue weighted by atomic mass is 15.0. The first-order valence-electron chi connectivity index (χ1n) is 5.89. The molecule has 1 rings (SSSR count). The molecule has 0 amide bonds. The van der Waals surface area contributed by atoms with E-state index in [-0.39, 0.29) is 5.41 Å². The van der Waals surface area contributed by atoms with Crippen LogP contribution in [-0.2, 0) is 0 Å². The number of rotatable bonds is 6. The van der Waals surface area contributed by atoms with Crippen LogP contribution in [0.5, 0.6) is 0 Å². The number of hydrogen-bond donors (Lipinski definition) is 2. The van der Waals surface area contributed by atoms with E-state index >= 15 is 0 Å². The third kappa shape index (κ3) is 2.92. The molecule has 0 radical (unpaired) electrons. The summed E-state index contributed by atoms with van der Waals surface area (Å²) in [6.45, 7) is 7.88. The second kappa shape index (κ2) is 5.80. The van der Waals surface area contributed by atoms with Gasteiger partial charge < -0.3 is 11.1 Å². The largest absolute Gasteiger partial charge is 0.368 e. The van der Waals surface area contributed by atoms with Crippen molar-refractivity contribution in [1.82, 2.24) is 9.97 Å². The highest BCUT2D eigenvalue weighted by molar-refractivity contribution is 5.38. The molecule has 0 aromatic carbocycles. The summed E-state index contributed by atoms with van der Waals surface area (Å²) in [5.41, 5.74) is 6.96. The number of anilines is 1. The van der Waals surface area contributed by atoms with E-state index in [2.05, 4.69) is 29.1 Å². The number of aromatic nitrogens is 2.